The summed E-state index contributed by atoms with van der Waals surface area (Å²) < 4.78 is 0. The molecule has 1 aliphatic carbocycles. The molecule has 2 N–H and O–H groups in total. The van der Waals surface area contributed by atoms with Crippen molar-refractivity contribution in [2.75, 3.05) is 0 Å². The molecule has 90 valence electrons. The average Bonchev–Trinajstić information content (AvgIpc) is 2.16. The van der Waals surface area contributed by atoms with E-state index >= 15 is 0 Å². The largest absolute Gasteiger partial charge is 0.325 e. The zero-order chi connectivity index (χ0) is 11.3. The summed E-state index contributed by atoms with van der Waals surface area (Å²) in [5.41, 5.74) is 6.70. The van der Waals surface area contributed by atoms with E-state index in [-0.39, 0.29) is 5.54 Å². The highest BCUT2D eigenvalue weighted by atomic mass is 14.7. The van der Waals surface area contributed by atoms with Crippen molar-refractivity contribution < 1.29 is 0 Å². The second-order valence-electron chi connectivity index (χ2n) is 6.02. The molecule has 1 rings (SSSR count). The van der Waals surface area contributed by atoms with E-state index in [1.807, 2.05) is 0 Å². The Kier molecular flexibility index (Phi) is 5.11. The molecule has 2 unspecified atom stereocenters. The normalized spacial score (nSPS) is 32.2. The number of nitrogens with two attached hydrogens (primary N) is 1. The Balaban J connectivity index is 2.30. The number of hydrogen-bond donors (Lipinski definition) is 1. The maximum absolute atomic E-state index is 6.51. The van der Waals surface area contributed by atoms with Crippen molar-refractivity contribution >= 4 is 0 Å². The van der Waals surface area contributed by atoms with Crippen LogP contribution < -0.4 is 5.73 Å². The van der Waals surface area contributed by atoms with Crippen LogP contribution >= 0.6 is 0 Å². The van der Waals surface area contributed by atoms with Gasteiger partial charge in [-0.2, -0.15) is 0 Å². The van der Waals surface area contributed by atoms with Gasteiger partial charge in [0, 0.05) is 5.54 Å². The second-order valence-corrected chi connectivity index (χ2v) is 6.02. The van der Waals surface area contributed by atoms with Crippen molar-refractivity contribution in [1.29, 1.82) is 0 Å². The van der Waals surface area contributed by atoms with Gasteiger partial charge in [0.2, 0.25) is 0 Å². The molecule has 0 bridgehead atoms. The highest BCUT2D eigenvalue weighted by Gasteiger charge is 2.31. The third-order valence-electron chi connectivity index (χ3n) is 4.02. The fourth-order valence-corrected chi connectivity index (χ4v) is 2.96. The van der Waals surface area contributed by atoms with Crippen molar-refractivity contribution in [3.63, 3.8) is 0 Å². The van der Waals surface area contributed by atoms with Gasteiger partial charge >= 0.3 is 0 Å². The lowest BCUT2D eigenvalue weighted by Crippen LogP contribution is -2.44. The summed E-state index contributed by atoms with van der Waals surface area (Å²) in [5.74, 6) is 1.74. The van der Waals surface area contributed by atoms with E-state index in [9.17, 15) is 0 Å². The van der Waals surface area contributed by atoms with Gasteiger partial charge < -0.3 is 5.73 Å². The summed E-state index contributed by atoms with van der Waals surface area (Å²) >= 11 is 0. The first-order chi connectivity index (χ1) is 7.06. The molecule has 2 atom stereocenters. The van der Waals surface area contributed by atoms with Gasteiger partial charge in [0.05, 0.1) is 0 Å². The molecule has 0 spiro atoms. The summed E-state index contributed by atoms with van der Waals surface area (Å²) in [5, 5.41) is 0. The zero-order valence-electron chi connectivity index (χ0n) is 10.9. The predicted octanol–water partition coefficient (Wildman–Crippen LogP) is 4.11. The standard InChI is InChI=1S/C14H29N/c1-4-13-8-6-10-14(15,11-13)9-5-7-12(2)3/h12-13H,4-11,15H2,1-3H3. The lowest BCUT2D eigenvalue weighted by molar-refractivity contribution is 0.202. The lowest BCUT2D eigenvalue weighted by atomic mass is 9.73. The van der Waals surface area contributed by atoms with E-state index in [1.165, 1.54) is 51.4 Å². The van der Waals surface area contributed by atoms with Crippen LogP contribution in [-0.4, -0.2) is 5.54 Å². The van der Waals surface area contributed by atoms with Gasteiger partial charge in [-0.25, -0.2) is 0 Å². The highest BCUT2D eigenvalue weighted by molar-refractivity contribution is 4.90. The van der Waals surface area contributed by atoms with E-state index < -0.39 is 0 Å². The molecule has 0 aliphatic heterocycles. The summed E-state index contributed by atoms with van der Waals surface area (Å²) in [6.07, 6.45) is 10.6. The second kappa shape index (κ2) is 5.89. The van der Waals surface area contributed by atoms with Crippen LogP contribution in [0.5, 0.6) is 0 Å². The topological polar surface area (TPSA) is 26.0 Å². The molecule has 1 fully saturated rings. The highest BCUT2D eigenvalue weighted by Crippen LogP contribution is 2.35. The average molecular weight is 211 g/mol. The van der Waals surface area contributed by atoms with Gasteiger partial charge in [0.25, 0.3) is 0 Å². The van der Waals surface area contributed by atoms with Gasteiger partial charge in [-0.3, -0.25) is 0 Å². The Morgan fingerprint density at radius 3 is 2.73 bits per heavy atom. The van der Waals surface area contributed by atoms with E-state index in [2.05, 4.69) is 20.8 Å². The van der Waals surface area contributed by atoms with E-state index in [4.69, 9.17) is 5.73 Å². The van der Waals surface area contributed by atoms with Crippen LogP contribution in [0.1, 0.15) is 72.1 Å². The molecule has 1 saturated carbocycles. The molecule has 1 nitrogen and oxygen atoms in total. The predicted molar refractivity (Wildman–Crippen MR) is 67.9 cm³/mol. The van der Waals surface area contributed by atoms with Gasteiger partial charge in [-0.1, -0.05) is 52.9 Å². The Morgan fingerprint density at radius 2 is 2.13 bits per heavy atom. The summed E-state index contributed by atoms with van der Waals surface area (Å²) in [7, 11) is 0. The smallest absolute Gasteiger partial charge is 0.0157 e. The molecule has 0 saturated heterocycles. The third-order valence-corrected chi connectivity index (χ3v) is 4.02. The first kappa shape index (κ1) is 13.0. The first-order valence-electron chi connectivity index (χ1n) is 6.84. The molecule has 1 aliphatic rings. The van der Waals surface area contributed by atoms with Crippen LogP contribution in [0.4, 0.5) is 0 Å². The minimum atomic E-state index is 0.188. The SMILES string of the molecule is CCC1CCCC(N)(CCCC(C)C)C1. The van der Waals surface area contributed by atoms with Crippen LogP contribution in [0.2, 0.25) is 0 Å². The van der Waals surface area contributed by atoms with Gasteiger partial charge in [0.1, 0.15) is 0 Å². The molecule has 0 aromatic carbocycles. The molecular weight excluding hydrogens is 182 g/mol. The molecule has 0 amide bonds. The third kappa shape index (κ3) is 4.55. The Hall–Kier alpha value is -0.0400. The quantitative estimate of drug-likeness (QED) is 0.727. The summed E-state index contributed by atoms with van der Waals surface area (Å²) in [6.45, 7) is 6.92. The number of rotatable bonds is 5. The number of hydrogen-bond acceptors (Lipinski definition) is 1. The van der Waals surface area contributed by atoms with Crippen molar-refractivity contribution in [3.8, 4) is 0 Å². The molecule has 15 heavy (non-hydrogen) atoms. The van der Waals surface area contributed by atoms with E-state index in [0.29, 0.717) is 0 Å². The minimum absolute atomic E-state index is 0.188. The molecule has 1 heteroatoms. The van der Waals surface area contributed by atoms with Gasteiger partial charge in [0.15, 0.2) is 0 Å². The van der Waals surface area contributed by atoms with Crippen molar-refractivity contribution in [2.45, 2.75) is 77.7 Å². The molecule has 0 aromatic heterocycles. The van der Waals surface area contributed by atoms with Gasteiger partial charge in [-0.05, 0) is 31.1 Å². The van der Waals surface area contributed by atoms with E-state index in [0.717, 1.165) is 11.8 Å². The van der Waals surface area contributed by atoms with Crippen molar-refractivity contribution in [3.05, 3.63) is 0 Å². The van der Waals surface area contributed by atoms with Crippen molar-refractivity contribution in [2.24, 2.45) is 17.6 Å². The van der Waals surface area contributed by atoms with Crippen LogP contribution in [0.15, 0.2) is 0 Å². The maximum atomic E-state index is 6.51. The lowest BCUT2D eigenvalue weighted by Gasteiger charge is -2.38. The fraction of sp³-hybridized carbons (Fsp3) is 1.00. The molecule has 0 heterocycles. The summed E-state index contributed by atoms with van der Waals surface area (Å²) in [4.78, 5) is 0. The Labute approximate surface area is 95.8 Å². The Bertz CT molecular complexity index is 176. The first-order valence-corrected chi connectivity index (χ1v) is 6.84. The van der Waals surface area contributed by atoms with E-state index in [1.54, 1.807) is 0 Å². The van der Waals surface area contributed by atoms with Crippen LogP contribution in [0.25, 0.3) is 0 Å². The maximum Gasteiger partial charge on any atom is 0.0157 e. The van der Waals surface area contributed by atoms with Crippen LogP contribution in [0.3, 0.4) is 0 Å². The van der Waals surface area contributed by atoms with Crippen LogP contribution in [0, 0.1) is 11.8 Å². The zero-order valence-corrected chi connectivity index (χ0v) is 10.9. The monoisotopic (exact) mass is 211 g/mol. The Morgan fingerprint density at radius 1 is 1.40 bits per heavy atom. The molecular formula is C14H29N. The van der Waals surface area contributed by atoms with Crippen molar-refractivity contribution in [1.82, 2.24) is 0 Å². The van der Waals surface area contributed by atoms with Crippen LogP contribution in [-0.2, 0) is 0 Å². The molecule has 0 aromatic rings. The summed E-state index contributed by atoms with van der Waals surface area (Å²) in [6, 6.07) is 0. The molecule has 0 radical (unpaired) electrons. The minimum Gasteiger partial charge on any atom is -0.325 e. The fourth-order valence-electron chi connectivity index (χ4n) is 2.96. The van der Waals surface area contributed by atoms with Gasteiger partial charge in [-0.15, -0.1) is 0 Å².